The molecule has 0 saturated heterocycles. The van der Waals surface area contributed by atoms with Gasteiger partial charge in [0.15, 0.2) is 0 Å². The first-order valence-corrected chi connectivity index (χ1v) is 8.55. The van der Waals surface area contributed by atoms with Crippen molar-refractivity contribution in [3.05, 3.63) is 80.9 Å². The van der Waals surface area contributed by atoms with E-state index in [0.717, 1.165) is 12.1 Å². The number of carboxylic acids is 1. The molecule has 0 aliphatic carbocycles. The number of alkyl halides is 2. The maximum absolute atomic E-state index is 14.4. The zero-order valence-corrected chi connectivity index (χ0v) is 15.2. The van der Waals surface area contributed by atoms with Gasteiger partial charge in [-0.05, 0) is 23.8 Å². The summed E-state index contributed by atoms with van der Waals surface area (Å²) in [5.74, 6) is -5.09. The Hall–Kier alpha value is -3.60. The summed E-state index contributed by atoms with van der Waals surface area (Å²) in [6, 6.07) is 9.32. The van der Waals surface area contributed by atoms with Crippen LogP contribution < -0.4 is 5.43 Å². The largest absolute Gasteiger partial charge is 0.481 e. The fourth-order valence-electron chi connectivity index (χ4n) is 3.07. The van der Waals surface area contributed by atoms with Crippen LogP contribution >= 0.6 is 0 Å². The first kappa shape index (κ1) is 20.1. The molecule has 0 amide bonds. The van der Waals surface area contributed by atoms with Gasteiger partial charge in [-0.25, -0.2) is 13.2 Å². The highest BCUT2D eigenvalue weighted by molar-refractivity contribution is 5.82. The van der Waals surface area contributed by atoms with Crippen LogP contribution in [0.3, 0.4) is 0 Å². The number of carbonyl (C=O) groups is 1. The molecule has 29 heavy (non-hydrogen) atoms. The summed E-state index contributed by atoms with van der Waals surface area (Å²) in [5.41, 5.74) is -0.368. The third kappa shape index (κ3) is 4.14. The molecule has 3 aromatic rings. The van der Waals surface area contributed by atoms with Gasteiger partial charge in [0, 0.05) is 29.6 Å². The first-order valence-electron chi connectivity index (χ1n) is 8.55. The van der Waals surface area contributed by atoms with Gasteiger partial charge in [0.2, 0.25) is 5.43 Å². The van der Waals surface area contributed by atoms with E-state index in [1.807, 2.05) is 0 Å². The van der Waals surface area contributed by atoms with Crippen molar-refractivity contribution in [1.29, 1.82) is 5.26 Å². The zero-order valence-electron chi connectivity index (χ0n) is 15.2. The molecular formula is C21H15F3N2O3. The van der Waals surface area contributed by atoms with Gasteiger partial charge in [0.25, 0.3) is 5.92 Å². The van der Waals surface area contributed by atoms with Crippen LogP contribution in [0.1, 0.15) is 29.2 Å². The number of aromatic nitrogens is 1. The lowest BCUT2D eigenvalue weighted by molar-refractivity contribution is -0.136. The molecule has 0 saturated carbocycles. The number of carboxylic acid groups (broad SMARTS) is 1. The van der Waals surface area contributed by atoms with Gasteiger partial charge < -0.3 is 9.67 Å². The molecule has 0 unspecified atom stereocenters. The number of rotatable bonds is 5. The minimum atomic E-state index is -3.18. The normalized spacial score (nSPS) is 11.4. The Morgan fingerprint density at radius 1 is 1.24 bits per heavy atom. The average Bonchev–Trinajstić information content (AvgIpc) is 2.64. The van der Waals surface area contributed by atoms with Gasteiger partial charge in [-0.2, -0.15) is 5.26 Å². The third-order valence-corrected chi connectivity index (χ3v) is 4.52. The molecule has 0 aliphatic heterocycles. The molecule has 0 radical (unpaired) electrons. The van der Waals surface area contributed by atoms with Crippen LogP contribution in [0.25, 0.3) is 10.9 Å². The second-order valence-corrected chi connectivity index (χ2v) is 6.73. The molecule has 0 bridgehead atoms. The molecule has 0 fully saturated rings. The van der Waals surface area contributed by atoms with E-state index >= 15 is 0 Å². The Morgan fingerprint density at radius 2 is 1.97 bits per heavy atom. The Morgan fingerprint density at radius 3 is 2.55 bits per heavy atom. The van der Waals surface area contributed by atoms with E-state index in [9.17, 15) is 28.0 Å². The number of pyridine rings is 1. The molecule has 0 spiro atoms. The molecule has 3 rings (SSSR count). The predicted molar refractivity (Wildman–Crippen MR) is 99.3 cm³/mol. The van der Waals surface area contributed by atoms with E-state index in [2.05, 4.69) is 0 Å². The van der Waals surface area contributed by atoms with Crippen LogP contribution in [0.5, 0.6) is 0 Å². The number of benzene rings is 2. The van der Waals surface area contributed by atoms with E-state index in [-0.39, 0.29) is 29.5 Å². The molecule has 1 heterocycles. The lowest BCUT2D eigenvalue weighted by atomic mass is 10.0. The summed E-state index contributed by atoms with van der Waals surface area (Å²) in [6.45, 7) is 0.565. The van der Waals surface area contributed by atoms with E-state index in [0.29, 0.717) is 18.0 Å². The van der Waals surface area contributed by atoms with Gasteiger partial charge in [-0.1, -0.05) is 18.2 Å². The second-order valence-electron chi connectivity index (χ2n) is 6.73. The van der Waals surface area contributed by atoms with Gasteiger partial charge in [0.1, 0.15) is 17.4 Å². The first-order chi connectivity index (χ1) is 13.6. The molecule has 2 aromatic carbocycles. The maximum atomic E-state index is 14.4. The smallest absolute Gasteiger partial charge is 0.307 e. The molecule has 1 N–H and O–H groups in total. The molecule has 8 heteroatoms. The molecule has 0 atom stereocenters. The summed E-state index contributed by atoms with van der Waals surface area (Å²) in [5, 5.41) is 18.3. The van der Waals surface area contributed by atoms with E-state index in [4.69, 9.17) is 5.11 Å². The van der Waals surface area contributed by atoms with Crippen molar-refractivity contribution in [2.45, 2.75) is 25.8 Å². The minimum Gasteiger partial charge on any atom is -0.481 e. The minimum absolute atomic E-state index is 0.0986. The molecule has 0 aliphatic rings. The van der Waals surface area contributed by atoms with Crippen LogP contribution in [0.15, 0.2) is 47.4 Å². The number of aliphatic carboxylic acids is 1. The number of nitriles is 1. The van der Waals surface area contributed by atoms with Gasteiger partial charge in [0.05, 0.1) is 18.5 Å². The molecule has 148 valence electrons. The van der Waals surface area contributed by atoms with Crippen molar-refractivity contribution >= 4 is 16.9 Å². The summed E-state index contributed by atoms with van der Waals surface area (Å²) < 4.78 is 42.6. The number of nitrogens with zero attached hydrogens (tertiary/aromatic N) is 2. The van der Waals surface area contributed by atoms with E-state index in [1.54, 1.807) is 6.07 Å². The predicted octanol–water partition coefficient (Wildman–Crippen LogP) is 3.80. The SMILES string of the molecule is CC(F)(F)c1ccc(Cn2cc(C#N)c(=O)c3cc(CC(=O)O)ccc32)c(F)c1. The van der Waals surface area contributed by atoms with Gasteiger partial charge >= 0.3 is 5.97 Å². The quantitative estimate of drug-likeness (QED) is 0.706. The lowest BCUT2D eigenvalue weighted by Crippen LogP contribution is -2.15. The van der Waals surface area contributed by atoms with Crippen molar-refractivity contribution in [2.75, 3.05) is 0 Å². The summed E-state index contributed by atoms with van der Waals surface area (Å²) >= 11 is 0. The highest BCUT2D eigenvalue weighted by Crippen LogP contribution is 2.28. The van der Waals surface area contributed by atoms with Crippen LogP contribution in [-0.4, -0.2) is 15.6 Å². The van der Waals surface area contributed by atoms with Crippen LogP contribution in [0.4, 0.5) is 13.2 Å². The second kappa shape index (κ2) is 7.43. The van der Waals surface area contributed by atoms with Crippen molar-refractivity contribution in [1.82, 2.24) is 4.57 Å². The van der Waals surface area contributed by atoms with E-state index < -0.39 is 28.7 Å². The number of fused-ring (bicyclic) bond motifs is 1. The number of halogens is 3. The third-order valence-electron chi connectivity index (χ3n) is 4.52. The van der Waals surface area contributed by atoms with Crippen LogP contribution in [0, 0.1) is 17.1 Å². The highest BCUT2D eigenvalue weighted by Gasteiger charge is 2.25. The summed E-state index contributed by atoms with van der Waals surface area (Å²) in [4.78, 5) is 23.4. The molecule has 1 aromatic heterocycles. The maximum Gasteiger partial charge on any atom is 0.307 e. The Bertz CT molecular complexity index is 1220. The van der Waals surface area contributed by atoms with Crippen molar-refractivity contribution in [2.24, 2.45) is 0 Å². The van der Waals surface area contributed by atoms with E-state index in [1.165, 1.54) is 35.0 Å². The fourth-order valence-corrected chi connectivity index (χ4v) is 3.07. The van der Waals surface area contributed by atoms with Crippen molar-refractivity contribution in [3.8, 4) is 6.07 Å². The van der Waals surface area contributed by atoms with Crippen molar-refractivity contribution < 1.29 is 23.1 Å². The zero-order chi connectivity index (χ0) is 21.3. The lowest BCUT2D eigenvalue weighted by Gasteiger charge is -2.15. The fraction of sp³-hybridized carbons (Fsp3) is 0.190. The Labute approximate surface area is 163 Å². The van der Waals surface area contributed by atoms with Crippen molar-refractivity contribution in [3.63, 3.8) is 0 Å². The van der Waals surface area contributed by atoms with Gasteiger partial charge in [-0.15, -0.1) is 0 Å². The van der Waals surface area contributed by atoms with Gasteiger partial charge in [-0.3, -0.25) is 9.59 Å². The highest BCUT2D eigenvalue weighted by atomic mass is 19.3. The topological polar surface area (TPSA) is 83.1 Å². The number of hydrogen-bond donors (Lipinski definition) is 1. The summed E-state index contributed by atoms with van der Waals surface area (Å²) in [6.07, 6.45) is 0.969. The molecular weight excluding hydrogens is 385 g/mol. The molecule has 5 nitrogen and oxygen atoms in total. The Kier molecular flexibility index (Phi) is 5.16. The summed E-state index contributed by atoms with van der Waals surface area (Å²) in [7, 11) is 0. The monoisotopic (exact) mass is 400 g/mol. The standard InChI is InChI=1S/C21H15F3N2O3/c1-21(23,24)15-4-3-13(17(22)8-15)10-26-11-14(9-25)20(29)16-6-12(7-19(27)28)2-5-18(16)26/h2-6,8,11H,7,10H2,1H3,(H,27,28). The number of hydrogen-bond acceptors (Lipinski definition) is 3. The van der Waals surface area contributed by atoms with Crippen LogP contribution in [0.2, 0.25) is 0 Å². The average molecular weight is 400 g/mol. The Balaban J connectivity index is 2.12. The van der Waals surface area contributed by atoms with Crippen LogP contribution in [-0.2, 0) is 23.7 Å².